The maximum atomic E-state index is 12.1. The summed E-state index contributed by atoms with van der Waals surface area (Å²) in [5.74, 6) is -0.103. The average molecular weight is 334 g/mol. The van der Waals surface area contributed by atoms with Crippen LogP contribution in [0, 0.1) is 0 Å². The number of hydrogen-bond donors (Lipinski definition) is 1. The maximum Gasteiger partial charge on any atom is 0.244 e. The fourth-order valence-electron chi connectivity index (χ4n) is 2.35. The van der Waals surface area contributed by atoms with Crippen molar-refractivity contribution in [3.8, 4) is 10.4 Å². The van der Waals surface area contributed by atoms with E-state index in [0.29, 0.717) is 0 Å². The standard InChI is InChI=1S/C20H18N2OS/c1-15(16-11-13-21-14-12-16)22-20(23)10-8-18-7-9-19(24-18)17-5-3-2-4-6-17/h2-15H,1H3,(H,22,23). The number of amides is 1. The van der Waals surface area contributed by atoms with Gasteiger partial charge < -0.3 is 5.32 Å². The van der Waals surface area contributed by atoms with Crippen molar-refractivity contribution < 1.29 is 4.79 Å². The van der Waals surface area contributed by atoms with E-state index < -0.39 is 0 Å². The molecule has 4 heteroatoms. The maximum absolute atomic E-state index is 12.1. The monoisotopic (exact) mass is 334 g/mol. The van der Waals surface area contributed by atoms with Gasteiger partial charge in [0.1, 0.15) is 0 Å². The van der Waals surface area contributed by atoms with Crippen molar-refractivity contribution in [3.63, 3.8) is 0 Å². The summed E-state index contributed by atoms with van der Waals surface area (Å²) in [5.41, 5.74) is 2.23. The van der Waals surface area contributed by atoms with E-state index in [1.54, 1.807) is 29.8 Å². The third-order valence-corrected chi connectivity index (χ3v) is 4.75. The molecule has 1 aromatic carbocycles. The molecule has 2 aromatic heterocycles. The van der Waals surface area contributed by atoms with Crippen molar-refractivity contribution in [1.29, 1.82) is 0 Å². The van der Waals surface area contributed by atoms with Crippen LogP contribution >= 0.6 is 11.3 Å². The minimum atomic E-state index is -0.103. The average Bonchev–Trinajstić information content (AvgIpc) is 3.10. The lowest BCUT2D eigenvalue weighted by atomic mass is 10.1. The SMILES string of the molecule is CC(NC(=O)C=Cc1ccc(-c2ccccc2)s1)c1ccncc1. The zero-order valence-electron chi connectivity index (χ0n) is 13.3. The molecule has 0 saturated carbocycles. The fraction of sp³-hybridized carbons (Fsp3) is 0.100. The Morgan fingerprint density at radius 2 is 1.83 bits per heavy atom. The Bertz CT molecular complexity index is 825. The Hall–Kier alpha value is -2.72. The molecule has 0 aliphatic carbocycles. The van der Waals surface area contributed by atoms with Gasteiger partial charge in [-0.2, -0.15) is 0 Å². The molecule has 1 unspecified atom stereocenters. The third kappa shape index (κ3) is 4.18. The second-order valence-electron chi connectivity index (χ2n) is 5.41. The van der Waals surface area contributed by atoms with Gasteiger partial charge in [-0.25, -0.2) is 0 Å². The van der Waals surface area contributed by atoms with E-state index in [4.69, 9.17) is 0 Å². The van der Waals surface area contributed by atoms with E-state index in [2.05, 4.69) is 28.5 Å². The first kappa shape index (κ1) is 16.1. The van der Waals surface area contributed by atoms with E-state index >= 15 is 0 Å². The topological polar surface area (TPSA) is 42.0 Å². The number of aromatic nitrogens is 1. The number of carbonyl (C=O) groups is 1. The van der Waals surface area contributed by atoms with Crippen LogP contribution in [0.2, 0.25) is 0 Å². The van der Waals surface area contributed by atoms with Gasteiger partial charge in [0, 0.05) is 28.2 Å². The molecule has 3 rings (SSSR count). The van der Waals surface area contributed by atoms with Crippen molar-refractivity contribution in [1.82, 2.24) is 10.3 Å². The number of nitrogens with zero attached hydrogens (tertiary/aromatic N) is 1. The van der Waals surface area contributed by atoms with Crippen LogP contribution in [0.5, 0.6) is 0 Å². The minimum absolute atomic E-state index is 0.0478. The number of carbonyl (C=O) groups excluding carboxylic acids is 1. The number of rotatable bonds is 5. The molecule has 1 N–H and O–H groups in total. The van der Waals surface area contributed by atoms with Crippen molar-refractivity contribution >= 4 is 23.3 Å². The number of pyridine rings is 1. The van der Waals surface area contributed by atoms with Crippen molar-refractivity contribution in [3.05, 3.63) is 83.5 Å². The van der Waals surface area contributed by atoms with E-state index in [1.165, 1.54) is 10.4 Å². The number of thiophene rings is 1. The first-order valence-corrected chi connectivity index (χ1v) is 8.58. The van der Waals surface area contributed by atoms with Gasteiger partial charge in [0.2, 0.25) is 5.91 Å². The highest BCUT2D eigenvalue weighted by molar-refractivity contribution is 7.16. The molecular weight excluding hydrogens is 316 g/mol. The van der Waals surface area contributed by atoms with Gasteiger partial charge in [-0.15, -0.1) is 11.3 Å². The second kappa shape index (κ2) is 7.70. The lowest BCUT2D eigenvalue weighted by molar-refractivity contribution is -0.117. The quantitative estimate of drug-likeness (QED) is 0.687. The summed E-state index contributed by atoms with van der Waals surface area (Å²) < 4.78 is 0. The van der Waals surface area contributed by atoms with Crippen molar-refractivity contribution in [2.75, 3.05) is 0 Å². The molecule has 120 valence electrons. The van der Waals surface area contributed by atoms with Gasteiger partial charge in [-0.05, 0) is 48.4 Å². The minimum Gasteiger partial charge on any atom is -0.346 e. The molecule has 1 amide bonds. The number of nitrogens with one attached hydrogen (secondary N) is 1. The van der Waals surface area contributed by atoms with Crippen LogP contribution in [0.3, 0.4) is 0 Å². The molecule has 0 spiro atoms. The predicted octanol–water partition coefficient (Wildman–Crippen LogP) is 4.70. The molecule has 3 aromatic rings. The summed E-state index contributed by atoms with van der Waals surface area (Å²) in [6.45, 7) is 1.96. The smallest absolute Gasteiger partial charge is 0.244 e. The molecule has 3 nitrogen and oxygen atoms in total. The summed E-state index contributed by atoms with van der Waals surface area (Å²) in [7, 11) is 0. The first-order valence-electron chi connectivity index (χ1n) is 7.76. The van der Waals surface area contributed by atoms with E-state index in [1.807, 2.05) is 49.4 Å². The summed E-state index contributed by atoms with van der Waals surface area (Å²) >= 11 is 1.67. The molecule has 0 fully saturated rings. The van der Waals surface area contributed by atoms with Crippen LogP contribution in [0.15, 0.2) is 73.1 Å². The summed E-state index contributed by atoms with van der Waals surface area (Å²) in [6.07, 6.45) is 6.89. The number of hydrogen-bond acceptors (Lipinski definition) is 3. The Labute approximate surface area is 145 Å². The predicted molar refractivity (Wildman–Crippen MR) is 99.6 cm³/mol. The summed E-state index contributed by atoms with van der Waals surface area (Å²) in [5, 5.41) is 2.96. The lowest BCUT2D eigenvalue weighted by Crippen LogP contribution is -2.24. The van der Waals surface area contributed by atoms with E-state index in [-0.39, 0.29) is 11.9 Å². The normalized spacial score (nSPS) is 12.2. The van der Waals surface area contributed by atoms with Crippen LogP contribution in [0.4, 0.5) is 0 Å². The Morgan fingerprint density at radius 1 is 1.08 bits per heavy atom. The highest BCUT2D eigenvalue weighted by Gasteiger charge is 2.07. The Kier molecular flexibility index (Phi) is 5.18. The van der Waals surface area contributed by atoms with E-state index in [0.717, 1.165) is 10.4 Å². The van der Waals surface area contributed by atoms with Gasteiger partial charge in [-0.3, -0.25) is 9.78 Å². The highest BCUT2D eigenvalue weighted by atomic mass is 32.1. The van der Waals surface area contributed by atoms with Gasteiger partial charge in [0.15, 0.2) is 0 Å². The number of benzene rings is 1. The summed E-state index contributed by atoms with van der Waals surface area (Å²) in [6, 6.07) is 18.1. The van der Waals surface area contributed by atoms with Crippen LogP contribution < -0.4 is 5.32 Å². The van der Waals surface area contributed by atoms with Crippen LogP contribution in [-0.4, -0.2) is 10.9 Å². The van der Waals surface area contributed by atoms with Gasteiger partial charge in [-0.1, -0.05) is 30.3 Å². The molecule has 0 aliphatic heterocycles. The lowest BCUT2D eigenvalue weighted by Gasteiger charge is -2.12. The zero-order chi connectivity index (χ0) is 16.8. The zero-order valence-corrected chi connectivity index (χ0v) is 14.2. The van der Waals surface area contributed by atoms with Crippen LogP contribution in [0.25, 0.3) is 16.5 Å². The van der Waals surface area contributed by atoms with Crippen LogP contribution in [-0.2, 0) is 4.79 Å². The summed E-state index contributed by atoms with van der Waals surface area (Å²) in [4.78, 5) is 18.3. The van der Waals surface area contributed by atoms with Gasteiger partial charge in [0.25, 0.3) is 0 Å². The van der Waals surface area contributed by atoms with Crippen molar-refractivity contribution in [2.24, 2.45) is 0 Å². The van der Waals surface area contributed by atoms with Crippen LogP contribution in [0.1, 0.15) is 23.4 Å². The molecule has 0 aliphatic rings. The molecule has 1 atom stereocenters. The molecule has 2 heterocycles. The molecular formula is C20H18N2OS. The van der Waals surface area contributed by atoms with Crippen molar-refractivity contribution in [2.45, 2.75) is 13.0 Å². The first-order chi connectivity index (χ1) is 11.7. The fourth-order valence-corrected chi connectivity index (χ4v) is 3.27. The molecule has 0 radical (unpaired) electrons. The largest absolute Gasteiger partial charge is 0.346 e. The second-order valence-corrected chi connectivity index (χ2v) is 6.53. The molecule has 0 saturated heterocycles. The molecule has 24 heavy (non-hydrogen) atoms. The van der Waals surface area contributed by atoms with Gasteiger partial charge >= 0.3 is 0 Å². The van der Waals surface area contributed by atoms with E-state index in [9.17, 15) is 4.79 Å². The molecule has 0 bridgehead atoms. The Balaban J connectivity index is 1.62. The van der Waals surface area contributed by atoms with Gasteiger partial charge in [0.05, 0.1) is 6.04 Å². The highest BCUT2D eigenvalue weighted by Crippen LogP contribution is 2.28. The third-order valence-electron chi connectivity index (χ3n) is 3.65. The Morgan fingerprint density at radius 3 is 2.58 bits per heavy atom.